The van der Waals surface area contributed by atoms with Gasteiger partial charge in [-0.05, 0) is 6.07 Å². The molecule has 0 amide bonds. The minimum Gasteiger partial charge on any atom is -0.258 e. The summed E-state index contributed by atoms with van der Waals surface area (Å²) in [7, 11) is 0. The third-order valence-corrected chi connectivity index (χ3v) is 1.87. The van der Waals surface area contributed by atoms with Crippen molar-refractivity contribution in [2.24, 2.45) is 4.99 Å². The average molecular weight is 213 g/mol. The summed E-state index contributed by atoms with van der Waals surface area (Å²) >= 11 is 5.62. The molecular formula is C8H5ClN2O3. The Morgan fingerprint density at radius 3 is 2.86 bits per heavy atom. The van der Waals surface area contributed by atoms with E-state index in [-0.39, 0.29) is 17.3 Å². The fraction of sp³-hybridized carbons (Fsp3) is 0.125. The van der Waals surface area contributed by atoms with Gasteiger partial charge in [-0.2, -0.15) is 0 Å². The fourth-order valence-electron chi connectivity index (χ4n) is 1.01. The number of benzene rings is 1. The van der Waals surface area contributed by atoms with Crippen LogP contribution in [0.4, 0.5) is 5.69 Å². The zero-order chi connectivity index (χ0) is 10.6. The molecule has 1 rings (SSSR count). The standard InChI is InChI=1S/C8H5ClN2O3/c9-7-3-1-2-6(4-10-5-12)8(7)11(13)14/h1-3H,4H2. The van der Waals surface area contributed by atoms with Gasteiger partial charge in [0.2, 0.25) is 6.08 Å². The molecule has 0 fully saturated rings. The molecule has 0 spiro atoms. The topological polar surface area (TPSA) is 72.6 Å². The van der Waals surface area contributed by atoms with Crippen LogP contribution in [0.5, 0.6) is 0 Å². The highest BCUT2D eigenvalue weighted by atomic mass is 35.5. The normalized spacial score (nSPS) is 9.21. The maximum atomic E-state index is 10.6. The lowest BCUT2D eigenvalue weighted by atomic mass is 10.2. The van der Waals surface area contributed by atoms with E-state index in [1.54, 1.807) is 6.07 Å². The monoisotopic (exact) mass is 212 g/mol. The van der Waals surface area contributed by atoms with Crippen LogP contribution in [0, 0.1) is 10.1 Å². The van der Waals surface area contributed by atoms with Crippen LogP contribution in [-0.4, -0.2) is 11.0 Å². The number of para-hydroxylation sites is 1. The zero-order valence-electron chi connectivity index (χ0n) is 6.94. The Morgan fingerprint density at radius 2 is 2.29 bits per heavy atom. The molecule has 5 nitrogen and oxygen atoms in total. The van der Waals surface area contributed by atoms with Crippen molar-refractivity contribution in [1.29, 1.82) is 0 Å². The van der Waals surface area contributed by atoms with Crippen LogP contribution < -0.4 is 0 Å². The molecule has 1 aromatic rings. The number of hydrogen-bond acceptors (Lipinski definition) is 4. The number of nitrogens with zero attached hydrogens (tertiary/aromatic N) is 2. The van der Waals surface area contributed by atoms with Crippen LogP contribution in [0.15, 0.2) is 23.2 Å². The van der Waals surface area contributed by atoms with Crippen LogP contribution in [0.25, 0.3) is 0 Å². The van der Waals surface area contributed by atoms with E-state index in [0.717, 1.165) is 0 Å². The Bertz CT molecular complexity index is 413. The van der Waals surface area contributed by atoms with Crippen LogP contribution in [0.1, 0.15) is 5.56 Å². The van der Waals surface area contributed by atoms with Gasteiger partial charge in [-0.25, -0.2) is 9.79 Å². The minimum atomic E-state index is -0.599. The van der Waals surface area contributed by atoms with Crippen LogP contribution in [0.2, 0.25) is 5.02 Å². The summed E-state index contributed by atoms with van der Waals surface area (Å²) in [5.74, 6) is 0. The maximum Gasteiger partial charge on any atom is 0.292 e. The molecule has 0 atom stereocenters. The van der Waals surface area contributed by atoms with Gasteiger partial charge < -0.3 is 0 Å². The average Bonchev–Trinajstić information content (AvgIpc) is 2.14. The lowest BCUT2D eigenvalue weighted by Crippen LogP contribution is -1.95. The van der Waals surface area contributed by atoms with E-state index < -0.39 is 4.92 Å². The summed E-state index contributed by atoms with van der Waals surface area (Å²) in [4.78, 5) is 23.1. The Labute approximate surface area is 84.2 Å². The molecule has 0 aliphatic heterocycles. The lowest BCUT2D eigenvalue weighted by molar-refractivity contribution is -0.385. The van der Waals surface area contributed by atoms with E-state index in [9.17, 15) is 14.9 Å². The fourth-order valence-corrected chi connectivity index (χ4v) is 1.27. The predicted octanol–water partition coefficient (Wildman–Crippen LogP) is 2.08. The molecule has 0 saturated heterocycles. The van der Waals surface area contributed by atoms with Crippen molar-refractivity contribution < 1.29 is 9.72 Å². The van der Waals surface area contributed by atoms with Gasteiger partial charge in [0.1, 0.15) is 5.02 Å². The van der Waals surface area contributed by atoms with Crippen molar-refractivity contribution in [2.45, 2.75) is 6.54 Å². The Kier molecular flexibility index (Phi) is 3.34. The Morgan fingerprint density at radius 1 is 1.57 bits per heavy atom. The highest BCUT2D eigenvalue weighted by molar-refractivity contribution is 6.32. The number of rotatable bonds is 3. The number of nitro groups is 1. The molecule has 1 aromatic carbocycles. The number of isocyanates is 1. The number of nitro benzene ring substituents is 1. The summed E-state index contributed by atoms with van der Waals surface area (Å²) in [5, 5.41) is 10.6. The third kappa shape index (κ3) is 2.16. The molecule has 0 saturated carbocycles. The molecule has 0 heterocycles. The molecule has 0 bridgehead atoms. The van der Waals surface area contributed by atoms with E-state index in [2.05, 4.69) is 4.99 Å². The second-order valence-electron chi connectivity index (χ2n) is 2.41. The van der Waals surface area contributed by atoms with Crippen molar-refractivity contribution >= 4 is 23.4 Å². The zero-order valence-corrected chi connectivity index (χ0v) is 7.69. The molecular weight excluding hydrogens is 208 g/mol. The number of carbonyl (C=O) groups excluding carboxylic acids is 1. The molecule has 0 unspecified atom stereocenters. The van der Waals surface area contributed by atoms with Gasteiger partial charge in [0.05, 0.1) is 17.0 Å². The van der Waals surface area contributed by atoms with Crippen molar-refractivity contribution in [3.05, 3.63) is 38.9 Å². The first-order valence-electron chi connectivity index (χ1n) is 3.62. The summed E-state index contributed by atoms with van der Waals surface area (Å²) < 4.78 is 0. The minimum absolute atomic E-state index is 0.0357. The molecule has 14 heavy (non-hydrogen) atoms. The van der Waals surface area contributed by atoms with Crippen LogP contribution >= 0.6 is 11.6 Å². The Balaban J connectivity index is 3.20. The van der Waals surface area contributed by atoms with E-state index in [4.69, 9.17) is 11.6 Å². The lowest BCUT2D eigenvalue weighted by Gasteiger charge is -1.99. The molecule has 0 radical (unpaired) electrons. The van der Waals surface area contributed by atoms with Gasteiger partial charge in [0.25, 0.3) is 5.69 Å². The summed E-state index contributed by atoms with van der Waals surface area (Å²) in [6.45, 7) is -0.0830. The first-order chi connectivity index (χ1) is 6.66. The van der Waals surface area contributed by atoms with E-state index in [0.29, 0.717) is 5.56 Å². The van der Waals surface area contributed by atoms with Crippen LogP contribution in [0.3, 0.4) is 0 Å². The Hall–Kier alpha value is -1.71. The van der Waals surface area contributed by atoms with E-state index >= 15 is 0 Å². The van der Waals surface area contributed by atoms with Gasteiger partial charge in [0.15, 0.2) is 0 Å². The summed E-state index contributed by atoms with van der Waals surface area (Å²) in [5.41, 5.74) is 0.0824. The molecule has 6 heteroatoms. The summed E-state index contributed by atoms with van der Waals surface area (Å²) in [6.07, 6.45) is 1.31. The number of halogens is 1. The van der Waals surface area contributed by atoms with E-state index in [1.807, 2.05) is 0 Å². The SMILES string of the molecule is O=C=NCc1cccc(Cl)c1[N+](=O)[O-]. The van der Waals surface area contributed by atoms with Gasteiger partial charge >= 0.3 is 0 Å². The first kappa shape index (κ1) is 10.4. The quantitative estimate of drug-likeness (QED) is 0.333. The van der Waals surface area contributed by atoms with E-state index in [1.165, 1.54) is 18.2 Å². The van der Waals surface area contributed by atoms with Crippen molar-refractivity contribution in [1.82, 2.24) is 0 Å². The van der Waals surface area contributed by atoms with Crippen molar-refractivity contribution in [3.8, 4) is 0 Å². The third-order valence-electron chi connectivity index (χ3n) is 1.57. The molecule has 72 valence electrons. The maximum absolute atomic E-state index is 10.6. The molecule has 0 aromatic heterocycles. The van der Waals surface area contributed by atoms with Gasteiger partial charge in [-0.3, -0.25) is 10.1 Å². The van der Waals surface area contributed by atoms with Gasteiger partial charge in [-0.1, -0.05) is 23.7 Å². The molecule has 0 aliphatic carbocycles. The smallest absolute Gasteiger partial charge is 0.258 e. The largest absolute Gasteiger partial charge is 0.292 e. The first-order valence-corrected chi connectivity index (χ1v) is 4.00. The molecule has 0 aliphatic rings. The van der Waals surface area contributed by atoms with Crippen molar-refractivity contribution in [2.75, 3.05) is 0 Å². The van der Waals surface area contributed by atoms with Crippen LogP contribution in [-0.2, 0) is 11.3 Å². The van der Waals surface area contributed by atoms with Gasteiger partial charge in [-0.15, -0.1) is 0 Å². The highest BCUT2D eigenvalue weighted by Gasteiger charge is 2.17. The second kappa shape index (κ2) is 4.50. The molecule has 0 N–H and O–H groups in total. The highest BCUT2D eigenvalue weighted by Crippen LogP contribution is 2.28. The number of aliphatic imine (C=N–C) groups is 1. The van der Waals surface area contributed by atoms with Gasteiger partial charge in [0, 0.05) is 0 Å². The summed E-state index contributed by atoms with van der Waals surface area (Å²) in [6, 6.07) is 4.46. The predicted molar refractivity (Wildman–Crippen MR) is 49.9 cm³/mol. The second-order valence-corrected chi connectivity index (χ2v) is 2.82. The number of hydrogen-bond donors (Lipinski definition) is 0. The van der Waals surface area contributed by atoms with Crippen molar-refractivity contribution in [3.63, 3.8) is 0 Å².